The van der Waals surface area contributed by atoms with Crippen molar-refractivity contribution >= 4 is 0 Å². The minimum atomic E-state index is 0.387. The maximum Gasteiger partial charge on any atom is 0.127 e. The number of phenols is 1. The van der Waals surface area contributed by atoms with Crippen molar-refractivity contribution in [1.29, 1.82) is 0 Å². The third-order valence-electron chi connectivity index (χ3n) is 3.23. The van der Waals surface area contributed by atoms with Gasteiger partial charge in [0.25, 0.3) is 0 Å². The van der Waals surface area contributed by atoms with Crippen molar-refractivity contribution in [2.45, 2.75) is 26.3 Å². The van der Waals surface area contributed by atoms with E-state index in [2.05, 4.69) is 12.2 Å². The molecule has 0 atom stereocenters. The fourth-order valence-corrected chi connectivity index (χ4v) is 2.11. The molecule has 2 N–H and O–H groups in total. The largest absolute Gasteiger partial charge is 0.507 e. The van der Waals surface area contributed by atoms with Crippen LogP contribution in [0, 0.1) is 0 Å². The molecule has 0 amide bonds. The minimum Gasteiger partial charge on any atom is -0.507 e. The Kier molecular flexibility index (Phi) is 4.99. The normalized spacial score (nSPS) is 10.6. The van der Waals surface area contributed by atoms with E-state index in [4.69, 9.17) is 0 Å². The maximum atomic E-state index is 10.4. The number of nitrogens with one attached hydrogen (secondary N) is 1. The summed E-state index contributed by atoms with van der Waals surface area (Å²) >= 11 is 0. The first kappa shape index (κ1) is 13.6. The molecule has 0 radical (unpaired) electrons. The van der Waals surface area contributed by atoms with Gasteiger partial charge in [-0.05, 0) is 18.5 Å². The molecule has 0 fully saturated rings. The number of benzene rings is 2. The van der Waals surface area contributed by atoms with Gasteiger partial charge in [0.1, 0.15) is 5.75 Å². The van der Waals surface area contributed by atoms with E-state index in [1.807, 2.05) is 48.5 Å². The van der Waals surface area contributed by atoms with Gasteiger partial charge in [0.05, 0.1) is 0 Å². The number of hydrogen-bond donors (Lipinski definition) is 2. The Labute approximate surface area is 115 Å². The summed E-state index contributed by atoms with van der Waals surface area (Å²) in [5.74, 6) is 0.387. The van der Waals surface area contributed by atoms with E-state index in [0.717, 1.165) is 23.2 Å². The van der Waals surface area contributed by atoms with Gasteiger partial charge < -0.3 is 10.4 Å². The van der Waals surface area contributed by atoms with Crippen molar-refractivity contribution in [3.63, 3.8) is 0 Å². The monoisotopic (exact) mass is 255 g/mol. The predicted octanol–water partition coefficient (Wildman–Crippen LogP) is 3.95. The van der Waals surface area contributed by atoms with Gasteiger partial charge in [-0.3, -0.25) is 0 Å². The molecule has 100 valence electrons. The Hall–Kier alpha value is -1.80. The highest BCUT2D eigenvalue weighted by atomic mass is 16.3. The van der Waals surface area contributed by atoms with Crippen LogP contribution in [0.2, 0.25) is 0 Å². The Morgan fingerprint density at radius 3 is 2.53 bits per heavy atom. The molecule has 2 aromatic carbocycles. The topological polar surface area (TPSA) is 32.3 Å². The fourth-order valence-electron chi connectivity index (χ4n) is 2.11. The number of unbranched alkanes of at least 4 members (excludes halogenated alkanes) is 1. The van der Waals surface area contributed by atoms with Crippen LogP contribution in [-0.2, 0) is 6.54 Å². The van der Waals surface area contributed by atoms with Crippen LogP contribution in [0.3, 0.4) is 0 Å². The van der Waals surface area contributed by atoms with Gasteiger partial charge in [0, 0.05) is 17.7 Å². The molecule has 0 saturated heterocycles. The molecule has 0 aromatic heterocycles. The van der Waals surface area contributed by atoms with Crippen molar-refractivity contribution in [3.05, 3.63) is 54.1 Å². The van der Waals surface area contributed by atoms with Crippen molar-refractivity contribution in [1.82, 2.24) is 5.32 Å². The van der Waals surface area contributed by atoms with E-state index in [-0.39, 0.29) is 0 Å². The second kappa shape index (κ2) is 6.95. The molecule has 0 bridgehead atoms. The molecule has 0 spiro atoms. The summed E-state index contributed by atoms with van der Waals surface area (Å²) in [7, 11) is 0. The molecular formula is C17H21NO. The lowest BCUT2D eigenvalue weighted by atomic mass is 10.0. The predicted molar refractivity (Wildman–Crippen MR) is 80.2 cm³/mol. The Morgan fingerprint density at radius 1 is 1.00 bits per heavy atom. The van der Waals surface area contributed by atoms with Crippen LogP contribution in [0.15, 0.2) is 48.5 Å². The zero-order valence-electron chi connectivity index (χ0n) is 11.4. The summed E-state index contributed by atoms with van der Waals surface area (Å²) in [5.41, 5.74) is 2.91. The van der Waals surface area contributed by atoms with Gasteiger partial charge in [-0.1, -0.05) is 61.9 Å². The second-order valence-corrected chi connectivity index (χ2v) is 4.71. The summed E-state index contributed by atoms with van der Waals surface area (Å²) in [6.07, 6.45) is 2.35. The molecule has 0 saturated carbocycles. The molecule has 0 aliphatic heterocycles. The van der Waals surface area contributed by atoms with Crippen LogP contribution in [0.25, 0.3) is 11.1 Å². The lowest BCUT2D eigenvalue weighted by Gasteiger charge is -2.10. The lowest BCUT2D eigenvalue weighted by molar-refractivity contribution is 0.466. The third-order valence-corrected chi connectivity index (χ3v) is 3.23. The Bertz CT molecular complexity index is 508. The molecule has 0 aliphatic rings. The highest BCUT2D eigenvalue weighted by Crippen LogP contribution is 2.31. The number of phenolic OH excluding ortho intramolecular Hbond substituents is 1. The SMILES string of the molecule is CCCCNCc1cccc(-c2ccccc2)c1O. The van der Waals surface area contributed by atoms with Crippen molar-refractivity contribution < 1.29 is 5.11 Å². The number of hydrogen-bond acceptors (Lipinski definition) is 2. The van der Waals surface area contributed by atoms with Gasteiger partial charge in [-0.25, -0.2) is 0 Å². The summed E-state index contributed by atoms with van der Waals surface area (Å²) in [5, 5.41) is 13.7. The molecule has 19 heavy (non-hydrogen) atoms. The van der Waals surface area contributed by atoms with Crippen LogP contribution >= 0.6 is 0 Å². The molecular weight excluding hydrogens is 234 g/mol. The molecule has 0 unspecified atom stereocenters. The number of aromatic hydroxyl groups is 1. The van der Waals surface area contributed by atoms with Crippen molar-refractivity contribution in [2.75, 3.05) is 6.54 Å². The van der Waals surface area contributed by atoms with E-state index in [1.165, 1.54) is 12.8 Å². The smallest absolute Gasteiger partial charge is 0.127 e. The minimum absolute atomic E-state index is 0.387. The van der Waals surface area contributed by atoms with Crippen molar-refractivity contribution in [2.24, 2.45) is 0 Å². The van der Waals surface area contributed by atoms with Gasteiger partial charge in [0.2, 0.25) is 0 Å². The van der Waals surface area contributed by atoms with E-state index in [1.54, 1.807) is 0 Å². The number of para-hydroxylation sites is 1. The first-order valence-corrected chi connectivity index (χ1v) is 6.90. The van der Waals surface area contributed by atoms with Crippen LogP contribution in [0.5, 0.6) is 5.75 Å². The summed E-state index contributed by atoms with van der Waals surface area (Å²) < 4.78 is 0. The molecule has 0 aliphatic carbocycles. The van der Waals surface area contributed by atoms with E-state index >= 15 is 0 Å². The second-order valence-electron chi connectivity index (χ2n) is 4.71. The summed E-state index contributed by atoms with van der Waals surface area (Å²) in [6, 6.07) is 15.9. The first-order valence-electron chi connectivity index (χ1n) is 6.90. The zero-order valence-corrected chi connectivity index (χ0v) is 11.4. The zero-order chi connectivity index (χ0) is 13.5. The lowest BCUT2D eigenvalue weighted by Crippen LogP contribution is -2.14. The number of rotatable bonds is 6. The van der Waals surface area contributed by atoms with Gasteiger partial charge in [0.15, 0.2) is 0 Å². The van der Waals surface area contributed by atoms with E-state index < -0.39 is 0 Å². The molecule has 0 heterocycles. The highest BCUT2D eigenvalue weighted by Gasteiger charge is 2.07. The van der Waals surface area contributed by atoms with E-state index in [0.29, 0.717) is 12.3 Å². The quantitative estimate of drug-likeness (QED) is 0.766. The highest BCUT2D eigenvalue weighted by molar-refractivity contribution is 5.71. The van der Waals surface area contributed by atoms with Gasteiger partial charge >= 0.3 is 0 Å². The van der Waals surface area contributed by atoms with Crippen LogP contribution in [0.4, 0.5) is 0 Å². The van der Waals surface area contributed by atoms with Gasteiger partial charge in [-0.2, -0.15) is 0 Å². The third kappa shape index (κ3) is 3.58. The molecule has 2 heteroatoms. The average molecular weight is 255 g/mol. The van der Waals surface area contributed by atoms with E-state index in [9.17, 15) is 5.11 Å². The van der Waals surface area contributed by atoms with Gasteiger partial charge in [-0.15, -0.1) is 0 Å². The standard InChI is InChI=1S/C17H21NO/c1-2-3-12-18-13-15-10-7-11-16(17(15)19)14-8-5-4-6-9-14/h4-11,18-19H,2-3,12-13H2,1H3. The van der Waals surface area contributed by atoms with Crippen LogP contribution < -0.4 is 5.32 Å². The van der Waals surface area contributed by atoms with Crippen LogP contribution in [-0.4, -0.2) is 11.7 Å². The van der Waals surface area contributed by atoms with Crippen molar-refractivity contribution in [3.8, 4) is 16.9 Å². The molecule has 2 rings (SSSR count). The fraction of sp³-hybridized carbons (Fsp3) is 0.294. The maximum absolute atomic E-state index is 10.4. The summed E-state index contributed by atoms with van der Waals surface area (Å²) in [6.45, 7) is 3.88. The first-order chi connectivity index (χ1) is 9.33. The van der Waals surface area contributed by atoms with Crippen LogP contribution in [0.1, 0.15) is 25.3 Å². The summed E-state index contributed by atoms with van der Waals surface area (Å²) in [4.78, 5) is 0. The Morgan fingerprint density at radius 2 is 1.79 bits per heavy atom. The average Bonchev–Trinajstić information content (AvgIpc) is 2.46. The molecule has 2 nitrogen and oxygen atoms in total. The molecule has 2 aromatic rings. The Balaban J connectivity index is 2.14.